The van der Waals surface area contributed by atoms with Crippen molar-refractivity contribution in [1.29, 1.82) is 0 Å². The Morgan fingerprint density at radius 3 is 2.53 bits per heavy atom. The van der Waals surface area contributed by atoms with Gasteiger partial charge < -0.3 is 26.3 Å². The van der Waals surface area contributed by atoms with Gasteiger partial charge in [-0.1, -0.05) is 29.8 Å². The topological polar surface area (TPSA) is 150 Å². The molecule has 3 aromatic rings. The normalized spacial score (nSPS) is 15.6. The van der Waals surface area contributed by atoms with Crippen LogP contribution in [0.25, 0.3) is 0 Å². The highest BCUT2D eigenvalue weighted by atomic mass is 32.1. The van der Waals surface area contributed by atoms with Gasteiger partial charge in [0.15, 0.2) is 5.69 Å². The standard InChI is InChI=1S/C27H31N5O5S/c1-15-6-11-20(16(2)13-15)32(27(35)24-21(28)22(25(29)33)31-38-24)23(17-7-9-18(36-3)10-8-17)26(34)30-14-19-5-4-12-37-19/h6-11,13,19,23H,4-5,12,14,28H2,1-3H3,(H2,29,33)(H,30,34)/t19-,23+/m1/s1. The molecule has 11 heteroatoms. The van der Waals surface area contributed by atoms with Gasteiger partial charge in [0.2, 0.25) is 5.91 Å². The third-order valence-corrected chi connectivity index (χ3v) is 7.30. The third-order valence-electron chi connectivity index (χ3n) is 6.45. The van der Waals surface area contributed by atoms with Gasteiger partial charge in [0.05, 0.1) is 18.9 Å². The molecule has 1 saturated heterocycles. The second kappa shape index (κ2) is 11.6. The van der Waals surface area contributed by atoms with E-state index in [2.05, 4.69) is 9.69 Å². The van der Waals surface area contributed by atoms with Gasteiger partial charge in [0.25, 0.3) is 11.8 Å². The van der Waals surface area contributed by atoms with Crippen molar-refractivity contribution >= 4 is 40.6 Å². The molecule has 5 N–H and O–H groups in total. The van der Waals surface area contributed by atoms with E-state index >= 15 is 0 Å². The van der Waals surface area contributed by atoms with Crippen LogP contribution in [-0.2, 0) is 9.53 Å². The minimum Gasteiger partial charge on any atom is -0.497 e. The quantitative estimate of drug-likeness (QED) is 0.379. The van der Waals surface area contributed by atoms with E-state index in [1.807, 2.05) is 26.0 Å². The number of nitrogen functional groups attached to an aromatic ring is 1. The number of aromatic nitrogens is 1. The summed E-state index contributed by atoms with van der Waals surface area (Å²) in [4.78, 5) is 41.3. The van der Waals surface area contributed by atoms with Crippen LogP contribution >= 0.6 is 11.5 Å². The Labute approximate surface area is 225 Å². The molecule has 0 spiro atoms. The average molecular weight is 538 g/mol. The molecule has 0 bridgehead atoms. The van der Waals surface area contributed by atoms with Gasteiger partial charge in [-0.05, 0) is 67.5 Å². The Balaban J connectivity index is 1.84. The molecular formula is C27H31N5O5S. The number of primary amides is 1. The van der Waals surface area contributed by atoms with E-state index in [0.717, 1.165) is 35.5 Å². The molecule has 4 rings (SSSR count). The van der Waals surface area contributed by atoms with Gasteiger partial charge in [0.1, 0.15) is 16.7 Å². The number of benzene rings is 2. The fraction of sp³-hybridized carbons (Fsp3) is 0.333. The van der Waals surface area contributed by atoms with E-state index in [9.17, 15) is 14.4 Å². The summed E-state index contributed by atoms with van der Waals surface area (Å²) in [7, 11) is 1.55. The number of rotatable bonds is 9. The van der Waals surface area contributed by atoms with Crippen molar-refractivity contribution in [3.05, 3.63) is 69.7 Å². The van der Waals surface area contributed by atoms with Crippen molar-refractivity contribution < 1.29 is 23.9 Å². The number of aryl methyl sites for hydroxylation is 2. The molecule has 10 nitrogen and oxygen atoms in total. The van der Waals surface area contributed by atoms with Crippen LogP contribution in [-0.4, -0.2) is 48.5 Å². The van der Waals surface area contributed by atoms with Gasteiger partial charge in [-0.3, -0.25) is 19.3 Å². The number of nitrogens with two attached hydrogens (primary N) is 2. The van der Waals surface area contributed by atoms with Crippen LogP contribution in [0.1, 0.15) is 55.7 Å². The maximum absolute atomic E-state index is 14.2. The lowest BCUT2D eigenvalue weighted by atomic mass is 10.00. The van der Waals surface area contributed by atoms with Crippen molar-refractivity contribution in [3.63, 3.8) is 0 Å². The molecule has 1 aliphatic rings. The van der Waals surface area contributed by atoms with Gasteiger partial charge in [-0.15, -0.1) is 0 Å². The number of nitrogens with zero attached hydrogens (tertiary/aromatic N) is 2. The number of carbonyl (C=O) groups excluding carboxylic acids is 3. The number of amides is 3. The zero-order valence-electron chi connectivity index (χ0n) is 21.5. The lowest BCUT2D eigenvalue weighted by molar-refractivity contribution is -0.123. The lowest BCUT2D eigenvalue weighted by Gasteiger charge is -2.32. The molecule has 1 aromatic heterocycles. The number of methoxy groups -OCH3 is 1. The lowest BCUT2D eigenvalue weighted by Crippen LogP contribution is -2.46. The first kappa shape index (κ1) is 27.1. The van der Waals surface area contributed by atoms with Crippen LogP contribution in [0.3, 0.4) is 0 Å². The van der Waals surface area contributed by atoms with E-state index < -0.39 is 23.8 Å². The first-order chi connectivity index (χ1) is 18.2. The molecule has 1 aliphatic heterocycles. The maximum Gasteiger partial charge on any atom is 0.273 e. The van der Waals surface area contributed by atoms with E-state index in [1.165, 1.54) is 4.90 Å². The summed E-state index contributed by atoms with van der Waals surface area (Å²) < 4.78 is 15.0. The summed E-state index contributed by atoms with van der Waals surface area (Å²) in [5.41, 5.74) is 14.1. The average Bonchev–Trinajstić information content (AvgIpc) is 3.56. The van der Waals surface area contributed by atoms with Crippen molar-refractivity contribution in [2.45, 2.75) is 38.8 Å². The minimum absolute atomic E-state index is 0.0178. The predicted octanol–water partition coefficient (Wildman–Crippen LogP) is 3.13. The Hall–Kier alpha value is -3.96. The Kier molecular flexibility index (Phi) is 8.28. The Morgan fingerprint density at radius 2 is 1.95 bits per heavy atom. The van der Waals surface area contributed by atoms with E-state index in [4.69, 9.17) is 20.9 Å². The second-order valence-electron chi connectivity index (χ2n) is 9.16. The van der Waals surface area contributed by atoms with Gasteiger partial charge in [0, 0.05) is 18.8 Å². The van der Waals surface area contributed by atoms with Crippen LogP contribution in [0, 0.1) is 13.8 Å². The molecular weight excluding hydrogens is 506 g/mol. The van der Waals surface area contributed by atoms with Gasteiger partial charge >= 0.3 is 0 Å². The minimum atomic E-state index is -1.07. The number of nitrogens with one attached hydrogen (secondary N) is 1. The molecule has 2 heterocycles. The SMILES string of the molecule is COc1ccc([C@@H](C(=O)NC[C@H]2CCCO2)N(C(=O)c2snc(C(N)=O)c2N)c2ccc(C)cc2C)cc1. The monoisotopic (exact) mass is 537 g/mol. The molecule has 3 amide bonds. The Bertz CT molecular complexity index is 1330. The summed E-state index contributed by atoms with van der Waals surface area (Å²) in [6, 6.07) is 11.4. The predicted molar refractivity (Wildman–Crippen MR) is 145 cm³/mol. The molecule has 1 fully saturated rings. The van der Waals surface area contributed by atoms with Gasteiger partial charge in [-0.2, -0.15) is 4.37 Å². The third kappa shape index (κ3) is 5.63. The van der Waals surface area contributed by atoms with E-state index in [0.29, 0.717) is 30.2 Å². The molecule has 200 valence electrons. The molecule has 0 saturated carbocycles. The smallest absolute Gasteiger partial charge is 0.273 e. The Morgan fingerprint density at radius 1 is 1.21 bits per heavy atom. The van der Waals surface area contributed by atoms with Crippen LogP contribution in [0.4, 0.5) is 11.4 Å². The van der Waals surface area contributed by atoms with Crippen LogP contribution in [0.15, 0.2) is 42.5 Å². The number of carbonyl (C=O) groups is 3. The number of anilines is 2. The summed E-state index contributed by atoms with van der Waals surface area (Å²) in [5.74, 6) is -1.20. The number of hydrogen-bond acceptors (Lipinski definition) is 8. The van der Waals surface area contributed by atoms with Crippen molar-refractivity contribution in [3.8, 4) is 5.75 Å². The van der Waals surface area contributed by atoms with Crippen LogP contribution in [0.5, 0.6) is 5.75 Å². The zero-order valence-corrected chi connectivity index (χ0v) is 22.3. The highest BCUT2D eigenvalue weighted by Gasteiger charge is 2.37. The zero-order chi connectivity index (χ0) is 27.4. The van der Waals surface area contributed by atoms with Gasteiger partial charge in [-0.25, -0.2) is 0 Å². The molecule has 2 aromatic carbocycles. The summed E-state index contributed by atoms with van der Waals surface area (Å²) >= 11 is 0.770. The fourth-order valence-corrected chi connectivity index (χ4v) is 5.24. The molecule has 0 aliphatic carbocycles. The largest absolute Gasteiger partial charge is 0.497 e. The number of hydrogen-bond donors (Lipinski definition) is 3. The number of ether oxygens (including phenoxy) is 2. The van der Waals surface area contributed by atoms with Crippen molar-refractivity contribution in [2.75, 3.05) is 30.9 Å². The van der Waals surface area contributed by atoms with Crippen molar-refractivity contribution in [1.82, 2.24) is 9.69 Å². The maximum atomic E-state index is 14.2. The summed E-state index contributed by atoms with van der Waals surface area (Å²) in [5, 5.41) is 2.97. The highest BCUT2D eigenvalue weighted by Crippen LogP contribution is 2.35. The van der Waals surface area contributed by atoms with E-state index in [-0.39, 0.29) is 22.4 Å². The fourth-order valence-electron chi connectivity index (χ4n) is 4.50. The highest BCUT2D eigenvalue weighted by molar-refractivity contribution is 7.09. The summed E-state index contributed by atoms with van der Waals surface area (Å²) in [6.07, 6.45) is 1.69. The molecule has 2 atom stereocenters. The van der Waals surface area contributed by atoms with E-state index in [1.54, 1.807) is 37.4 Å². The first-order valence-corrected chi connectivity index (χ1v) is 13.0. The molecule has 38 heavy (non-hydrogen) atoms. The first-order valence-electron chi connectivity index (χ1n) is 12.2. The molecule has 0 unspecified atom stereocenters. The second-order valence-corrected chi connectivity index (χ2v) is 9.93. The van der Waals surface area contributed by atoms with Crippen molar-refractivity contribution in [2.24, 2.45) is 5.73 Å². The van der Waals surface area contributed by atoms with Crippen LogP contribution < -0.4 is 26.4 Å². The molecule has 0 radical (unpaired) electrons. The van der Waals surface area contributed by atoms with Crippen LogP contribution in [0.2, 0.25) is 0 Å². The summed E-state index contributed by atoms with van der Waals surface area (Å²) in [6.45, 7) is 4.78.